The molecule has 29 heavy (non-hydrogen) atoms. The van der Waals surface area contributed by atoms with Crippen molar-refractivity contribution in [2.45, 2.75) is 13.3 Å². The quantitative estimate of drug-likeness (QED) is 0.750. The number of amidine groups is 1. The highest BCUT2D eigenvalue weighted by molar-refractivity contribution is 8.00. The van der Waals surface area contributed by atoms with Gasteiger partial charge < -0.3 is 14.2 Å². The van der Waals surface area contributed by atoms with Crippen molar-refractivity contribution in [1.29, 1.82) is 0 Å². The first-order valence-corrected chi connectivity index (χ1v) is 10.7. The van der Waals surface area contributed by atoms with Gasteiger partial charge in [0.1, 0.15) is 22.8 Å². The summed E-state index contributed by atoms with van der Waals surface area (Å²) in [5, 5.41) is 0. The lowest BCUT2D eigenvalue weighted by molar-refractivity contribution is 0.0763. The molecule has 3 heterocycles. The van der Waals surface area contributed by atoms with Gasteiger partial charge in [0.15, 0.2) is 0 Å². The third kappa shape index (κ3) is 3.69. The molecule has 1 saturated heterocycles. The third-order valence-electron chi connectivity index (χ3n) is 5.10. The second-order valence-corrected chi connectivity index (χ2v) is 8.54. The molecule has 9 heteroatoms. The summed E-state index contributed by atoms with van der Waals surface area (Å²) in [6.07, 6.45) is 3.56. The van der Waals surface area contributed by atoms with Gasteiger partial charge in [-0.25, -0.2) is 4.39 Å². The van der Waals surface area contributed by atoms with E-state index in [1.165, 1.54) is 36.8 Å². The number of benzene rings is 1. The fourth-order valence-electron chi connectivity index (χ4n) is 3.69. The number of nitrogens with zero attached hydrogens (tertiary/aromatic N) is 3. The number of sulfonamides is 1. The van der Waals surface area contributed by atoms with Gasteiger partial charge in [0.05, 0.1) is 11.8 Å². The van der Waals surface area contributed by atoms with Crippen LogP contribution in [-0.4, -0.2) is 56.1 Å². The lowest BCUT2D eigenvalue weighted by Crippen LogP contribution is -2.37. The lowest BCUT2D eigenvalue weighted by atomic mass is 10.1. The largest absolute Gasteiger partial charge is 0.472 e. The molecule has 1 fully saturated rings. The van der Waals surface area contributed by atoms with Crippen LogP contribution < -0.4 is 0 Å². The average molecular weight is 417 g/mol. The van der Waals surface area contributed by atoms with Crippen LogP contribution in [-0.2, 0) is 10.0 Å². The van der Waals surface area contributed by atoms with E-state index < -0.39 is 15.8 Å². The van der Waals surface area contributed by atoms with Crippen molar-refractivity contribution < 1.29 is 22.0 Å². The Hall–Kier alpha value is -2.94. The predicted octanol–water partition coefficient (Wildman–Crippen LogP) is 2.74. The maximum absolute atomic E-state index is 13.2. The number of carbonyl (C=O) groups is 1. The van der Waals surface area contributed by atoms with E-state index in [1.54, 1.807) is 17.9 Å². The van der Waals surface area contributed by atoms with E-state index >= 15 is 0 Å². The van der Waals surface area contributed by atoms with Gasteiger partial charge in [-0.3, -0.25) is 4.79 Å². The Morgan fingerprint density at radius 3 is 2.55 bits per heavy atom. The Morgan fingerprint density at radius 1 is 1.10 bits per heavy atom. The van der Waals surface area contributed by atoms with Crippen LogP contribution >= 0.6 is 0 Å². The van der Waals surface area contributed by atoms with Crippen LogP contribution in [0.25, 0.3) is 4.91 Å². The van der Waals surface area contributed by atoms with Crippen LogP contribution in [0.3, 0.4) is 0 Å². The van der Waals surface area contributed by atoms with Gasteiger partial charge in [-0.2, -0.15) is 8.42 Å². The van der Waals surface area contributed by atoms with Crippen molar-refractivity contribution in [3.8, 4) is 0 Å². The molecule has 0 N–H and O–H groups in total. The maximum atomic E-state index is 13.2. The first-order chi connectivity index (χ1) is 13.9. The molecule has 7 nitrogen and oxygen atoms in total. The van der Waals surface area contributed by atoms with E-state index in [4.69, 9.17) is 4.42 Å². The first-order valence-electron chi connectivity index (χ1n) is 9.25. The van der Waals surface area contributed by atoms with Crippen molar-refractivity contribution in [1.82, 2.24) is 9.80 Å². The number of hydrogen-bond acceptors (Lipinski definition) is 5. The molecule has 0 spiro atoms. The van der Waals surface area contributed by atoms with Crippen molar-refractivity contribution in [2.24, 2.45) is 4.40 Å². The molecule has 1 aromatic carbocycles. The summed E-state index contributed by atoms with van der Waals surface area (Å²) in [7, 11) is -3.87. The molecule has 0 aliphatic carbocycles. The zero-order chi connectivity index (χ0) is 20.6. The topological polar surface area (TPSA) is 83.2 Å². The second kappa shape index (κ2) is 7.47. The van der Waals surface area contributed by atoms with Gasteiger partial charge in [-0.15, -0.1) is 4.40 Å². The summed E-state index contributed by atoms with van der Waals surface area (Å²) in [5.74, 6) is -0.152. The lowest BCUT2D eigenvalue weighted by Gasteiger charge is -2.23. The van der Waals surface area contributed by atoms with E-state index in [1.807, 2.05) is 4.90 Å². The van der Waals surface area contributed by atoms with Crippen LogP contribution in [0.5, 0.6) is 0 Å². The van der Waals surface area contributed by atoms with E-state index in [-0.39, 0.29) is 10.8 Å². The molecule has 0 unspecified atom stereocenters. The summed E-state index contributed by atoms with van der Waals surface area (Å²) >= 11 is 0. The summed E-state index contributed by atoms with van der Waals surface area (Å²) in [5.41, 5.74) is 1.44. The van der Waals surface area contributed by atoms with Gasteiger partial charge >= 0.3 is 0 Å². The number of rotatable bonds is 2. The summed E-state index contributed by atoms with van der Waals surface area (Å²) in [6.45, 7) is 3.77. The molecular formula is C20H20FN3O4S. The molecule has 4 rings (SSSR count). The maximum Gasteiger partial charge on any atom is 0.285 e. The zero-order valence-corrected chi connectivity index (χ0v) is 16.7. The van der Waals surface area contributed by atoms with E-state index in [2.05, 4.69) is 4.40 Å². The van der Waals surface area contributed by atoms with E-state index in [0.29, 0.717) is 55.1 Å². The van der Waals surface area contributed by atoms with Gasteiger partial charge in [0, 0.05) is 31.8 Å². The number of furan rings is 1. The van der Waals surface area contributed by atoms with Crippen LogP contribution in [0.1, 0.15) is 29.3 Å². The van der Waals surface area contributed by atoms with Crippen LogP contribution in [0.2, 0.25) is 0 Å². The Labute approximate surface area is 168 Å². The van der Waals surface area contributed by atoms with E-state index in [9.17, 15) is 17.6 Å². The highest BCUT2D eigenvalue weighted by Crippen LogP contribution is 2.33. The highest BCUT2D eigenvalue weighted by Gasteiger charge is 2.34. The monoisotopic (exact) mass is 417 g/mol. The summed E-state index contributed by atoms with van der Waals surface area (Å²) in [6, 6.07) is 6.97. The molecule has 0 radical (unpaired) electrons. The SMILES string of the molecule is CC1=C(c2ccc(F)cc2)S(=O)(=O)N=C1N1CCCN(C(=O)c2ccoc2)CC1. The van der Waals surface area contributed by atoms with Crippen LogP contribution in [0, 0.1) is 5.82 Å². The van der Waals surface area contributed by atoms with Gasteiger partial charge in [0.25, 0.3) is 15.9 Å². The minimum atomic E-state index is -3.87. The molecule has 1 amide bonds. The fraction of sp³-hybridized carbons (Fsp3) is 0.300. The van der Waals surface area contributed by atoms with Gasteiger partial charge in [-0.1, -0.05) is 12.1 Å². The van der Waals surface area contributed by atoms with Crippen molar-refractivity contribution in [3.05, 3.63) is 65.4 Å². The smallest absolute Gasteiger partial charge is 0.285 e. The molecule has 0 saturated carbocycles. The van der Waals surface area contributed by atoms with Crippen LogP contribution in [0.15, 0.2) is 57.2 Å². The Balaban J connectivity index is 1.57. The molecular weight excluding hydrogens is 397 g/mol. The molecule has 2 aromatic rings. The van der Waals surface area contributed by atoms with Crippen molar-refractivity contribution >= 4 is 26.7 Å². The molecule has 152 valence electrons. The summed E-state index contributed by atoms with van der Waals surface area (Å²) < 4.78 is 47.6. The van der Waals surface area contributed by atoms with Crippen molar-refractivity contribution in [2.75, 3.05) is 26.2 Å². The molecule has 0 atom stereocenters. The Kier molecular flexibility index (Phi) is 4.99. The average Bonchev–Trinajstić information content (AvgIpc) is 3.21. The Bertz CT molecular complexity index is 1090. The molecule has 2 aliphatic rings. The number of amides is 1. The molecule has 1 aromatic heterocycles. The fourth-order valence-corrected chi connectivity index (χ4v) is 5.17. The van der Waals surface area contributed by atoms with Crippen molar-refractivity contribution in [3.63, 3.8) is 0 Å². The molecule has 0 bridgehead atoms. The highest BCUT2D eigenvalue weighted by atomic mass is 32.2. The predicted molar refractivity (Wildman–Crippen MR) is 106 cm³/mol. The second-order valence-electron chi connectivity index (χ2n) is 7.00. The Morgan fingerprint density at radius 2 is 1.86 bits per heavy atom. The standard InChI is InChI=1S/C20H20FN3O4S/c1-14-18(15-3-5-17(21)6-4-15)29(26,27)22-19(14)23-8-2-9-24(11-10-23)20(25)16-7-12-28-13-16/h3-7,12-13H,2,8-11H2,1H3. The van der Waals surface area contributed by atoms with Crippen LogP contribution in [0.4, 0.5) is 4.39 Å². The summed E-state index contributed by atoms with van der Waals surface area (Å²) in [4.78, 5) is 16.3. The minimum Gasteiger partial charge on any atom is -0.472 e. The van der Waals surface area contributed by atoms with E-state index in [0.717, 1.165) is 0 Å². The zero-order valence-electron chi connectivity index (χ0n) is 15.8. The van der Waals surface area contributed by atoms with Gasteiger partial charge in [-0.05, 0) is 37.1 Å². The number of carbonyl (C=O) groups excluding carboxylic acids is 1. The third-order valence-corrected chi connectivity index (χ3v) is 6.57. The minimum absolute atomic E-state index is 0.100. The molecule has 2 aliphatic heterocycles. The first kappa shape index (κ1) is 19.4. The van der Waals surface area contributed by atoms with Gasteiger partial charge in [0.2, 0.25) is 0 Å². The normalized spacial score (nSPS) is 19.3. The number of hydrogen-bond donors (Lipinski definition) is 0. The number of halogens is 1.